The smallest absolute Gasteiger partial charge is 0.308 e. The molecule has 0 unspecified atom stereocenters. The van der Waals surface area contributed by atoms with E-state index >= 15 is 13.2 Å². The Kier molecular flexibility index (Phi) is 8.00. The number of hydrogen-bond donors (Lipinski definition) is 0. The minimum atomic E-state index is -4.82. The van der Waals surface area contributed by atoms with Crippen LogP contribution in [0.25, 0.3) is 88.4 Å². The van der Waals surface area contributed by atoms with Gasteiger partial charge in [-0.15, -0.1) is 0 Å². The Hall–Kier alpha value is -7.87. The van der Waals surface area contributed by atoms with Crippen molar-refractivity contribution in [2.75, 3.05) is 0 Å². The van der Waals surface area contributed by atoms with Gasteiger partial charge in [-0.05, 0) is 82.9 Å². The van der Waals surface area contributed by atoms with Crippen molar-refractivity contribution in [1.82, 2.24) is 9.13 Å². The standard InChI is InChI=1S/C51H29F3N4/c52-51(53,54)42-19-11-16-37(31-56)49(42)50-47(57-43-20-9-7-17-38(43)40-28-35(22-24-45(40)57)33-12-3-1-4-13-33)26-32(30-55)27-48(50)58-44-21-10-8-18-39(44)41-29-36(23-25-46(41)58)34-14-5-2-6-15-34/h1-29H. The SMILES string of the molecule is N#Cc1cc(-n2c3ccccc3c3cc(-c4ccccc4)ccc32)c(-c2c(C#N)cccc2C(F)(F)F)c(-n2c3ccccc3c3cc(-c4ccccc4)ccc32)c1. The Balaban J connectivity index is 1.39. The van der Waals surface area contributed by atoms with Crippen LogP contribution in [0.5, 0.6) is 0 Å². The molecule has 2 heterocycles. The Morgan fingerprint density at radius 3 is 1.33 bits per heavy atom. The highest BCUT2D eigenvalue weighted by atomic mass is 19.4. The van der Waals surface area contributed by atoms with E-state index in [2.05, 4.69) is 24.3 Å². The highest BCUT2D eigenvalue weighted by Gasteiger charge is 2.37. The summed E-state index contributed by atoms with van der Waals surface area (Å²) in [7, 11) is 0. The van der Waals surface area contributed by atoms with E-state index in [0.717, 1.165) is 71.9 Å². The molecular weight excluding hydrogens is 726 g/mol. The summed E-state index contributed by atoms with van der Waals surface area (Å²) in [6.45, 7) is 0. The van der Waals surface area contributed by atoms with Gasteiger partial charge < -0.3 is 9.13 Å². The largest absolute Gasteiger partial charge is 0.417 e. The molecule has 0 bridgehead atoms. The molecule has 0 fully saturated rings. The molecule has 8 aromatic carbocycles. The number of hydrogen-bond acceptors (Lipinski definition) is 2. The van der Waals surface area contributed by atoms with Crippen LogP contribution in [0.4, 0.5) is 13.2 Å². The third kappa shape index (κ3) is 5.44. The minimum absolute atomic E-state index is 0.138. The van der Waals surface area contributed by atoms with Crippen LogP contribution in [0, 0.1) is 22.7 Å². The zero-order valence-electron chi connectivity index (χ0n) is 30.7. The summed E-state index contributed by atoms with van der Waals surface area (Å²) < 4.78 is 50.1. The fourth-order valence-corrected chi connectivity index (χ4v) is 8.52. The molecule has 2 aromatic heterocycles. The Labute approximate surface area is 331 Å². The van der Waals surface area contributed by atoms with Crippen molar-refractivity contribution in [3.63, 3.8) is 0 Å². The molecule has 0 spiro atoms. The summed E-state index contributed by atoms with van der Waals surface area (Å²) in [5.41, 5.74) is 6.72. The molecule has 274 valence electrons. The van der Waals surface area contributed by atoms with E-state index in [0.29, 0.717) is 11.4 Å². The molecule has 0 aliphatic heterocycles. The van der Waals surface area contributed by atoms with Gasteiger partial charge in [0, 0.05) is 32.7 Å². The van der Waals surface area contributed by atoms with Crippen LogP contribution in [-0.2, 0) is 6.18 Å². The highest BCUT2D eigenvalue weighted by molar-refractivity contribution is 6.13. The molecule has 10 rings (SSSR count). The van der Waals surface area contributed by atoms with Gasteiger partial charge >= 0.3 is 6.18 Å². The summed E-state index contributed by atoms with van der Waals surface area (Å²) in [6, 6.07) is 59.1. The van der Waals surface area contributed by atoms with Crippen LogP contribution >= 0.6 is 0 Å². The predicted molar refractivity (Wildman–Crippen MR) is 226 cm³/mol. The molecule has 0 aliphatic carbocycles. The lowest BCUT2D eigenvalue weighted by atomic mass is 9.90. The van der Waals surface area contributed by atoms with Gasteiger partial charge in [-0.2, -0.15) is 23.7 Å². The maximum Gasteiger partial charge on any atom is 0.417 e. The number of para-hydroxylation sites is 2. The van der Waals surface area contributed by atoms with E-state index in [4.69, 9.17) is 0 Å². The number of fused-ring (bicyclic) bond motifs is 6. The maximum absolute atomic E-state index is 15.4. The van der Waals surface area contributed by atoms with Gasteiger partial charge in [0.1, 0.15) is 0 Å². The summed E-state index contributed by atoms with van der Waals surface area (Å²) in [4.78, 5) is 0. The lowest BCUT2D eigenvalue weighted by Crippen LogP contribution is -2.12. The molecule has 0 N–H and O–H groups in total. The van der Waals surface area contributed by atoms with E-state index in [-0.39, 0.29) is 22.3 Å². The third-order valence-corrected chi connectivity index (χ3v) is 11.0. The number of nitrogens with zero attached hydrogens (tertiary/aromatic N) is 4. The summed E-state index contributed by atoms with van der Waals surface area (Å²) in [5, 5.41) is 24.9. The van der Waals surface area contributed by atoms with Crippen molar-refractivity contribution in [3.8, 4) is 56.9 Å². The highest BCUT2D eigenvalue weighted by Crippen LogP contribution is 2.48. The van der Waals surface area contributed by atoms with Gasteiger partial charge in [-0.3, -0.25) is 0 Å². The van der Waals surface area contributed by atoms with Crippen molar-refractivity contribution in [2.24, 2.45) is 0 Å². The number of benzene rings is 8. The van der Waals surface area contributed by atoms with Crippen molar-refractivity contribution < 1.29 is 13.2 Å². The van der Waals surface area contributed by atoms with Crippen LogP contribution in [0.3, 0.4) is 0 Å². The number of rotatable bonds is 5. The number of aromatic nitrogens is 2. The Bertz CT molecular complexity index is 3160. The molecule has 0 aliphatic rings. The topological polar surface area (TPSA) is 57.4 Å². The first kappa shape index (κ1) is 34.6. The molecule has 0 saturated carbocycles. The second-order valence-corrected chi connectivity index (χ2v) is 14.2. The lowest BCUT2D eigenvalue weighted by Gasteiger charge is -2.24. The molecule has 58 heavy (non-hydrogen) atoms. The first-order valence-electron chi connectivity index (χ1n) is 18.7. The van der Waals surface area contributed by atoms with Gasteiger partial charge in [0.15, 0.2) is 0 Å². The first-order valence-corrected chi connectivity index (χ1v) is 18.7. The van der Waals surface area contributed by atoms with E-state index in [1.54, 1.807) is 12.1 Å². The van der Waals surface area contributed by atoms with Gasteiger partial charge in [0.25, 0.3) is 0 Å². The zero-order valence-corrected chi connectivity index (χ0v) is 30.7. The van der Waals surface area contributed by atoms with Crippen molar-refractivity contribution in [3.05, 3.63) is 193 Å². The molecule has 0 atom stereocenters. The molecule has 0 saturated heterocycles. The van der Waals surface area contributed by atoms with E-state index in [1.807, 2.05) is 143 Å². The first-order chi connectivity index (χ1) is 28.3. The Morgan fingerprint density at radius 1 is 0.397 bits per heavy atom. The average Bonchev–Trinajstić information content (AvgIpc) is 3.78. The van der Waals surface area contributed by atoms with Gasteiger partial charge in [-0.1, -0.05) is 115 Å². The monoisotopic (exact) mass is 754 g/mol. The van der Waals surface area contributed by atoms with Gasteiger partial charge in [0.2, 0.25) is 0 Å². The minimum Gasteiger partial charge on any atom is -0.308 e. The number of halogens is 3. The van der Waals surface area contributed by atoms with Gasteiger partial charge in [0.05, 0.1) is 62.3 Å². The molecule has 7 heteroatoms. The van der Waals surface area contributed by atoms with Crippen molar-refractivity contribution >= 4 is 43.6 Å². The quantitative estimate of drug-likeness (QED) is 0.176. The van der Waals surface area contributed by atoms with Crippen LogP contribution < -0.4 is 0 Å². The zero-order chi connectivity index (χ0) is 39.5. The van der Waals surface area contributed by atoms with Crippen LogP contribution in [0.2, 0.25) is 0 Å². The molecule has 10 aromatic rings. The average molecular weight is 755 g/mol. The van der Waals surface area contributed by atoms with Gasteiger partial charge in [-0.25, -0.2) is 0 Å². The van der Waals surface area contributed by atoms with E-state index in [9.17, 15) is 10.5 Å². The van der Waals surface area contributed by atoms with Crippen molar-refractivity contribution in [2.45, 2.75) is 6.18 Å². The second kappa shape index (κ2) is 13.4. The summed E-state index contributed by atoms with van der Waals surface area (Å²) in [5.74, 6) is 0. The normalized spacial score (nSPS) is 11.7. The van der Waals surface area contributed by atoms with Crippen LogP contribution in [0.1, 0.15) is 16.7 Å². The molecule has 0 amide bonds. The van der Waals surface area contributed by atoms with E-state index in [1.165, 1.54) is 12.1 Å². The molecule has 4 nitrogen and oxygen atoms in total. The third-order valence-electron chi connectivity index (χ3n) is 11.0. The summed E-state index contributed by atoms with van der Waals surface area (Å²) >= 11 is 0. The Morgan fingerprint density at radius 2 is 0.862 bits per heavy atom. The molecule has 0 radical (unpaired) electrons. The van der Waals surface area contributed by atoms with Crippen molar-refractivity contribution in [1.29, 1.82) is 10.5 Å². The fourth-order valence-electron chi connectivity index (χ4n) is 8.52. The van der Waals surface area contributed by atoms with E-state index < -0.39 is 11.7 Å². The second-order valence-electron chi connectivity index (χ2n) is 14.2. The van der Waals surface area contributed by atoms with Crippen LogP contribution in [0.15, 0.2) is 176 Å². The molecular formula is C51H29F3N4. The van der Waals surface area contributed by atoms with Crippen LogP contribution in [-0.4, -0.2) is 9.13 Å². The number of nitriles is 2. The summed E-state index contributed by atoms with van der Waals surface area (Å²) in [6.07, 6.45) is -4.82. The fraction of sp³-hybridized carbons (Fsp3) is 0.0196. The maximum atomic E-state index is 15.4. The number of alkyl halides is 3. The predicted octanol–water partition coefficient (Wildman–Crippen LogP) is 13.6. The lowest BCUT2D eigenvalue weighted by molar-refractivity contribution is -0.137.